The van der Waals surface area contributed by atoms with Crippen LogP contribution in [-0.2, 0) is 4.74 Å². The van der Waals surface area contributed by atoms with Gasteiger partial charge in [0.15, 0.2) is 11.6 Å². The topological polar surface area (TPSA) is 47.6 Å². The lowest BCUT2D eigenvalue weighted by Crippen LogP contribution is -2.43. The van der Waals surface area contributed by atoms with Gasteiger partial charge in [0.1, 0.15) is 11.7 Å². The first kappa shape index (κ1) is 16.6. The molecule has 0 aliphatic heterocycles. The van der Waals surface area contributed by atoms with Gasteiger partial charge in [0.05, 0.1) is 0 Å². The molecule has 2 unspecified atom stereocenters. The van der Waals surface area contributed by atoms with Gasteiger partial charge in [-0.05, 0) is 52.2 Å². The summed E-state index contributed by atoms with van der Waals surface area (Å²) in [5.41, 5.74) is -0.512. The average molecular weight is 309 g/mol. The van der Waals surface area contributed by atoms with Gasteiger partial charge in [-0.1, -0.05) is 12.1 Å². The molecule has 1 aromatic rings. The van der Waals surface area contributed by atoms with Crippen molar-refractivity contribution in [3.8, 4) is 5.75 Å². The quantitative estimate of drug-likeness (QED) is 0.916. The highest BCUT2D eigenvalue weighted by atomic mass is 19.1. The van der Waals surface area contributed by atoms with E-state index in [1.165, 1.54) is 6.07 Å². The van der Waals surface area contributed by atoms with E-state index < -0.39 is 11.7 Å². The number of para-hydroxylation sites is 1. The molecule has 122 valence electrons. The molecule has 2 rings (SSSR count). The smallest absolute Gasteiger partial charge is 0.407 e. The van der Waals surface area contributed by atoms with Crippen molar-refractivity contribution in [3.05, 3.63) is 30.1 Å². The van der Waals surface area contributed by atoms with Crippen LogP contribution in [-0.4, -0.2) is 23.8 Å². The fraction of sp³-hybridized carbons (Fsp3) is 0.588. The van der Waals surface area contributed by atoms with Crippen molar-refractivity contribution in [2.24, 2.45) is 0 Å². The summed E-state index contributed by atoms with van der Waals surface area (Å²) >= 11 is 0. The maximum absolute atomic E-state index is 13.6. The zero-order valence-corrected chi connectivity index (χ0v) is 13.4. The van der Waals surface area contributed by atoms with Crippen molar-refractivity contribution in [1.29, 1.82) is 0 Å². The highest BCUT2D eigenvalue weighted by molar-refractivity contribution is 5.68. The van der Waals surface area contributed by atoms with E-state index in [1.807, 2.05) is 20.8 Å². The Hall–Kier alpha value is -1.78. The Bertz CT molecular complexity index is 513. The molecule has 0 heterocycles. The molecule has 1 aliphatic carbocycles. The lowest BCUT2D eigenvalue weighted by atomic mass is 9.93. The largest absolute Gasteiger partial charge is 0.487 e. The molecular formula is C17H24FNO3. The average Bonchev–Trinajstić information content (AvgIpc) is 2.39. The molecule has 1 fully saturated rings. The van der Waals surface area contributed by atoms with Gasteiger partial charge in [-0.2, -0.15) is 0 Å². The van der Waals surface area contributed by atoms with Gasteiger partial charge < -0.3 is 14.8 Å². The zero-order chi connectivity index (χ0) is 16.2. The lowest BCUT2D eigenvalue weighted by Gasteiger charge is -2.31. The predicted molar refractivity (Wildman–Crippen MR) is 82.4 cm³/mol. The third-order valence-corrected chi connectivity index (χ3v) is 3.48. The number of hydrogen-bond acceptors (Lipinski definition) is 3. The summed E-state index contributed by atoms with van der Waals surface area (Å²) in [5, 5.41) is 2.87. The molecule has 0 aromatic heterocycles. The summed E-state index contributed by atoms with van der Waals surface area (Å²) in [5.74, 6) is -0.0878. The van der Waals surface area contributed by atoms with Gasteiger partial charge in [-0.3, -0.25) is 0 Å². The van der Waals surface area contributed by atoms with Gasteiger partial charge >= 0.3 is 6.09 Å². The molecule has 22 heavy (non-hydrogen) atoms. The summed E-state index contributed by atoms with van der Waals surface area (Å²) < 4.78 is 24.6. The number of benzene rings is 1. The van der Waals surface area contributed by atoms with E-state index in [0.717, 1.165) is 19.3 Å². The molecule has 5 heteroatoms. The first-order valence-corrected chi connectivity index (χ1v) is 7.74. The summed E-state index contributed by atoms with van der Waals surface area (Å²) in [6.45, 7) is 5.49. The van der Waals surface area contributed by atoms with Crippen LogP contribution in [0, 0.1) is 5.82 Å². The SMILES string of the molecule is CC(C)(C)OC(=O)NC1CCCC(Oc2ccccc2F)C1. The Morgan fingerprint density at radius 3 is 2.68 bits per heavy atom. The van der Waals surface area contributed by atoms with Crippen LogP contribution in [0.1, 0.15) is 46.5 Å². The standard InChI is InChI=1S/C17H24FNO3/c1-17(2,3)22-16(20)19-12-7-6-8-13(11-12)21-15-10-5-4-9-14(15)18/h4-5,9-10,12-13H,6-8,11H2,1-3H3,(H,19,20). The molecule has 0 spiro atoms. The third kappa shape index (κ3) is 5.20. The zero-order valence-electron chi connectivity index (χ0n) is 13.4. The minimum atomic E-state index is -0.512. The molecule has 1 amide bonds. The Morgan fingerprint density at radius 1 is 1.27 bits per heavy atom. The predicted octanol–water partition coefficient (Wildman–Crippen LogP) is 4.04. The van der Waals surface area contributed by atoms with E-state index in [2.05, 4.69) is 5.32 Å². The summed E-state index contributed by atoms with van der Waals surface area (Å²) in [6.07, 6.45) is 2.83. The maximum Gasteiger partial charge on any atom is 0.407 e. The van der Waals surface area contributed by atoms with Crippen molar-refractivity contribution in [2.45, 2.75) is 64.2 Å². The van der Waals surface area contributed by atoms with Crippen molar-refractivity contribution >= 4 is 6.09 Å². The van der Waals surface area contributed by atoms with E-state index in [1.54, 1.807) is 18.2 Å². The van der Waals surface area contributed by atoms with Crippen molar-refractivity contribution < 1.29 is 18.7 Å². The molecule has 1 N–H and O–H groups in total. The van der Waals surface area contributed by atoms with Crippen LogP contribution in [0.4, 0.5) is 9.18 Å². The van der Waals surface area contributed by atoms with Gasteiger partial charge in [0.2, 0.25) is 0 Å². The van der Waals surface area contributed by atoms with Gasteiger partial charge in [-0.25, -0.2) is 9.18 Å². The van der Waals surface area contributed by atoms with Gasteiger partial charge in [0.25, 0.3) is 0 Å². The van der Waals surface area contributed by atoms with Crippen LogP contribution in [0.15, 0.2) is 24.3 Å². The fourth-order valence-corrected chi connectivity index (χ4v) is 2.58. The van der Waals surface area contributed by atoms with Crippen molar-refractivity contribution in [1.82, 2.24) is 5.32 Å². The first-order valence-electron chi connectivity index (χ1n) is 7.74. The minimum absolute atomic E-state index is 0.000346. The highest BCUT2D eigenvalue weighted by Crippen LogP contribution is 2.25. The molecule has 1 saturated carbocycles. The summed E-state index contributed by atoms with van der Waals surface area (Å²) in [7, 11) is 0. The Balaban J connectivity index is 1.87. The van der Waals surface area contributed by atoms with E-state index in [-0.39, 0.29) is 23.7 Å². The van der Waals surface area contributed by atoms with Crippen molar-refractivity contribution in [2.75, 3.05) is 0 Å². The molecule has 4 nitrogen and oxygen atoms in total. The lowest BCUT2D eigenvalue weighted by molar-refractivity contribution is 0.0461. The molecular weight excluding hydrogens is 285 g/mol. The van der Waals surface area contributed by atoms with Crippen LogP contribution in [0.25, 0.3) is 0 Å². The molecule has 0 saturated heterocycles. The second-order valence-corrected chi connectivity index (χ2v) is 6.68. The second-order valence-electron chi connectivity index (χ2n) is 6.68. The summed E-state index contributed by atoms with van der Waals surface area (Å²) in [6, 6.07) is 6.39. The molecule has 2 atom stereocenters. The molecule has 1 aromatic carbocycles. The number of halogens is 1. The number of ether oxygens (including phenoxy) is 2. The van der Waals surface area contributed by atoms with Crippen LogP contribution in [0.2, 0.25) is 0 Å². The molecule has 0 bridgehead atoms. The van der Waals surface area contributed by atoms with E-state index in [9.17, 15) is 9.18 Å². The number of carbonyl (C=O) groups is 1. The number of hydrogen-bond donors (Lipinski definition) is 1. The first-order chi connectivity index (χ1) is 10.3. The Labute approximate surface area is 131 Å². The third-order valence-electron chi connectivity index (χ3n) is 3.48. The van der Waals surface area contributed by atoms with Crippen LogP contribution in [0.5, 0.6) is 5.75 Å². The number of rotatable bonds is 3. The maximum atomic E-state index is 13.6. The monoisotopic (exact) mass is 309 g/mol. The fourth-order valence-electron chi connectivity index (χ4n) is 2.58. The summed E-state index contributed by atoms with van der Waals surface area (Å²) in [4.78, 5) is 11.8. The second kappa shape index (κ2) is 6.99. The molecule has 1 aliphatic rings. The van der Waals surface area contributed by atoms with Crippen LogP contribution < -0.4 is 10.1 Å². The Morgan fingerprint density at radius 2 is 2.00 bits per heavy atom. The normalized spacial score (nSPS) is 22.0. The molecule has 0 radical (unpaired) electrons. The van der Waals surface area contributed by atoms with Crippen LogP contribution >= 0.6 is 0 Å². The van der Waals surface area contributed by atoms with Crippen LogP contribution in [0.3, 0.4) is 0 Å². The van der Waals surface area contributed by atoms with E-state index >= 15 is 0 Å². The Kier molecular flexibility index (Phi) is 5.27. The van der Waals surface area contributed by atoms with Gasteiger partial charge in [0, 0.05) is 12.5 Å². The number of alkyl carbamates (subject to hydrolysis) is 1. The number of carbonyl (C=O) groups excluding carboxylic acids is 1. The number of amides is 1. The van der Waals surface area contributed by atoms with Crippen molar-refractivity contribution in [3.63, 3.8) is 0 Å². The van der Waals surface area contributed by atoms with E-state index in [4.69, 9.17) is 9.47 Å². The van der Waals surface area contributed by atoms with E-state index in [0.29, 0.717) is 6.42 Å². The highest BCUT2D eigenvalue weighted by Gasteiger charge is 2.27. The van der Waals surface area contributed by atoms with Gasteiger partial charge in [-0.15, -0.1) is 0 Å². The minimum Gasteiger partial charge on any atom is -0.487 e. The number of nitrogens with one attached hydrogen (secondary N) is 1.